The van der Waals surface area contributed by atoms with E-state index >= 15 is 0 Å². The van der Waals surface area contributed by atoms with Gasteiger partial charge < -0.3 is 39.3 Å². The summed E-state index contributed by atoms with van der Waals surface area (Å²) in [5.41, 5.74) is 4.75. The van der Waals surface area contributed by atoms with Crippen molar-refractivity contribution in [1.82, 2.24) is 0 Å². The Labute approximate surface area is 248 Å². The van der Waals surface area contributed by atoms with E-state index < -0.39 is 36.1 Å². The van der Waals surface area contributed by atoms with Crippen LogP contribution in [0.3, 0.4) is 0 Å². The Morgan fingerprint density at radius 2 is 1.40 bits per heavy atom. The summed E-state index contributed by atoms with van der Waals surface area (Å²) in [6.45, 7) is 11.7. The van der Waals surface area contributed by atoms with Crippen LogP contribution < -0.4 is 15.2 Å². The van der Waals surface area contributed by atoms with Crippen molar-refractivity contribution in [3.05, 3.63) is 23.8 Å². The topological polar surface area (TPSA) is 170 Å². The molecule has 1 aromatic rings. The van der Waals surface area contributed by atoms with E-state index in [0.717, 1.165) is 25.7 Å². The minimum Gasteiger partial charge on any atom is -0.480 e. The number of carboxylic acids is 1. The van der Waals surface area contributed by atoms with Crippen LogP contribution in [0.2, 0.25) is 0 Å². The van der Waals surface area contributed by atoms with Crippen molar-refractivity contribution >= 4 is 24.4 Å². The van der Waals surface area contributed by atoms with Crippen LogP contribution in [0.5, 0.6) is 11.5 Å². The second-order valence-corrected chi connectivity index (χ2v) is 10.7. The predicted molar refractivity (Wildman–Crippen MR) is 154 cm³/mol. The van der Waals surface area contributed by atoms with Crippen molar-refractivity contribution in [3.63, 3.8) is 0 Å². The number of benzene rings is 1. The lowest BCUT2D eigenvalue weighted by Gasteiger charge is -2.28. The lowest BCUT2D eigenvalue weighted by molar-refractivity contribution is -0.144. The Kier molecular flexibility index (Phi) is 16.3. The van der Waals surface area contributed by atoms with Crippen LogP contribution in [0.15, 0.2) is 18.2 Å². The molecule has 0 saturated heterocycles. The number of carboxylic acid groups (broad SMARTS) is 1. The molecule has 12 nitrogen and oxygen atoms in total. The molecule has 4 atom stereocenters. The average Bonchev–Trinajstić information content (AvgIpc) is 2.93. The molecule has 0 amide bonds. The Balaban J connectivity index is 3.09. The van der Waals surface area contributed by atoms with Gasteiger partial charge >= 0.3 is 24.4 Å². The maximum atomic E-state index is 12.4. The zero-order valence-corrected chi connectivity index (χ0v) is 25.6. The summed E-state index contributed by atoms with van der Waals surface area (Å²) in [6.07, 6.45) is -0.132. The third kappa shape index (κ3) is 13.9. The molecule has 0 bridgehead atoms. The highest BCUT2D eigenvalue weighted by Crippen LogP contribution is 2.31. The molecule has 12 heteroatoms. The van der Waals surface area contributed by atoms with Crippen molar-refractivity contribution in [1.29, 1.82) is 0 Å². The molecule has 0 heterocycles. The largest absolute Gasteiger partial charge is 0.513 e. The van der Waals surface area contributed by atoms with Gasteiger partial charge in [0.2, 0.25) is 0 Å². The molecule has 1 rings (SSSR count). The van der Waals surface area contributed by atoms with Gasteiger partial charge in [-0.05, 0) is 42.9 Å². The van der Waals surface area contributed by atoms with E-state index in [2.05, 4.69) is 0 Å². The Bertz CT molecular complexity index is 1010. The van der Waals surface area contributed by atoms with Crippen molar-refractivity contribution in [3.8, 4) is 11.5 Å². The van der Waals surface area contributed by atoms with Gasteiger partial charge in [-0.2, -0.15) is 0 Å². The normalized spacial score (nSPS) is 14.5. The summed E-state index contributed by atoms with van der Waals surface area (Å²) < 4.78 is 31.1. The molecule has 0 spiro atoms. The molecule has 0 aliphatic rings. The number of carbonyl (C=O) groups is 4. The van der Waals surface area contributed by atoms with Crippen molar-refractivity contribution < 1.29 is 52.7 Å². The van der Waals surface area contributed by atoms with Gasteiger partial charge in [0.1, 0.15) is 11.6 Å². The van der Waals surface area contributed by atoms with E-state index in [1.54, 1.807) is 0 Å². The number of unbranched alkanes of at least 4 members (excludes halogenated alkanes) is 2. The van der Waals surface area contributed by atoms with Gasteiger partial charge in [0.15, 0.2) is 11.5 Å². The molecule has 0 saturated carbocycles. The van der Waals surface area contributed by atoms with E-state index in [1.807, 2.05) is 34.6 Å². The number of hydrogen-bond acceptors (Lipinski definition) is 11. The monoisotopic (exact) mass is 597 g/mol. The molecule has 1 aromatic carbocycles. The summed E-state index contributed by atoms with van der Waals surface area (Å²) in [7, 11) is 0. The third-order valence-electron chi connectivity index (χ3n) is 6.62. The number of ether oxygens (including phenoxy) is 6. The highest BCUT2D eigenvalue weighted by atomic mass is 16.7. The van der Waals surface area contributed by atoms with Crippen LogP contribution >= 0.6 is 0 Å². The standard InChI is InChI=1S/C30H47NO11/c1-7-10-11-14-37-27(34)40-22(6)16-30(31,26(32)33)17-23-12-13-24(41-28(35)38-18-20(4)8-2)25(15-23)42-29(36)39-19-21(5)9-3/h12-13,15,20-22H,7-11,14,16-19,31H2,1-6H3,(H,32,33)/t20?,21?,22-,30?/m0/s1. The number of aliphatic carboxylic acids is 1. The average molecular weight is 598 g/mol. The predicted octanol–water partition coefficient (Wildman–Crippen LogP) is 6.26. The van der Waals surface area contributed by atoms with Gasteiger partial charge in [-0.3, -0.25) is 4.79 Å². The molecule has 0 aromatic heterocycles. The molecule has 3 unspecified atom stereocenters. The first-order valence-corrected chi connectivity index (χ1v) is 14.5. The molecule has 238 valence electrons. The number of rotatable bonds is 18. The molecule has 3 N–H and O–H groups in total. The van der Waals surface area contributed by atoms with E-state index in [4.69, 9.17) is 34.2 Å². The zero-order valence-electron chi connectivity index (χ0n) is 25.6. The summed E-state index contributed by atoms with van der Waals surface area (Å²) in [5, 5.41) is 9.95. The van der Waals surface area contributed by atoms with Crippen molar-refractivity contribution in [2.45, 2.75) is 98.1 Å². The molecule has 0 aliphatic carbocycles. The second-order valence-electron chi connectivity index (χ2n) is 10.7. The molecular formula is C30H47NO11. The van der Waals surface area contributed by atoms with Crippen molar-refractivity contribution in [2.24, 2.45) is 17.6 Å². The maximum Gasteiger partial charge on any atom is 0.513 e. The summed E-state index contributed by atoms with van der Waals surface area (Å²) >= 11 is 0. The van der Waals surface area contributed by atoms with Gasteiger partial charge in [0.25, 0.3) is 0 Å². The fourth-order valence-corrected chi connectivity index (χ4v) is 3.58. The Hall–Kier alpha value is -3.54. The van der Waals surface area contributed by atoms with Crippen LogP contribution in [0.4, 0.5) is 14.4 Å². The lowest BCUT2D eigenvalue weighted by atomic mass is 9.86. The van der Waals surface area contributed by atoms with Crippen LogP contribution in [-0.4, -0.2) is 61.0 Å². The third-order valence-corrected chi connectivity index (χ3v) is 6.62. The molecule has 0 fully saturated rings. The number of hydrogen-bond donors (Lipinski definition) is 2. The minimum absolute atomic E-state index is 0.0985. The first-order valence-electron chi connectivity index (χ1n) is 14.5. The van der Waals surface area contributed by atoms with Crippen LogP contribution in [-0.2, 0) is 30.2 Å². The van der Waals surface area contributed by atoms with Crippen molar-refractivity contribution in [2.75, 3.05) is 19.8 Å². The number of carbonyl (C=O) groups excluding carboxylic acids is 3. The highest BCUT2D eigenvalue weighted by Gasteiger charge is 2.37. The molecule has 0 aliphatic heterocycles. The van der Waals surface area contributed by atoms with E-state index in [0.29, 0.717) is 12.0 Å². The first kappa shape index (κ1) is 36.5. The van der Waals surface area contributed by atoms with Gasteiger partial charge in [-0.15, -0.1) is 0 Å². The summed E-state index contributed by atoms with van der Waals surface area (Å²) in [6, 6.07) is 4.15. The first-order chi connectivity index (χ1) is 19.8. The van der Waals surface area contributed by atoms with Crippen LogP contribution in [0.25, 0.3) is 0 Å². The van der Waals surface area contributed by atoms with Gasteiger partial charge in [-0.1, -0.05) is 66.4 Å². The van der Waals surface area contributed by atoms with Crippen LogP contribution in [0, 0.1) is 11.8 Å². The minimum atomic E-state index is -1.87. The fourth-order valence-electron chi connectivity index (χ4n) is 3.58. The maximum absolute atomic E-state index is 12.4. The smallest absolute Gasteiger partial charge is 0.480 e. The second kappa shape index (κ2) is 18.8. The number of nitrogens with two attached hydrogens (primary N) is 1. The quantitative estimate of drug-likeness (QED) is 0.0844. The summed E-state index contributed by atoms with van der Waals surface area (Å²) in [5.74, 6) is -1.43. The van der Waals surface area contributed by atoms with E-state index in [9.17, 15) is 24.3 Å². The van der Waals surface area contributed by atoms with Gasteiger partial charge in [-0.25, -0.2) is 14.4 Å². The van der Waals surface area contributed by atoms with Crippen LogP contribution in [0.1, 0.15) is 85.6 Å². The molecule has 42 heavy (non-hydrogen) atoms. The lowest BCUT2D eigenvalue weighted by Crippen LogP contribution is -2.52. The van der Waals surface area contributed by atoms with Gasteiger partial charge in [0, 0.05) is 12.8 Å². The fraction of sp³-hybridized carbons (Fsp3) is 0.667. The van der Waals surface area contributed by atoms with Gasteiger partial charge in [0.05, 0.1) is 19.8 Å². The Morgan fingerprint density at radius 1 is 0.833 bits per heavy atom. The summed E-state index contributed by atoms with van der Waals surface area (Å²) in [4.78, 5) is 48.8. The molecule has 0 radical (unpaired) electrons. The SMILES string of the molecule is CCCCCOC(=O)O[C@@H](C)CC(N)(Cc1ccc(OC(=O)OCC(C)CC)c(OC(=O)OCC(C)CC)c1)C(=O)O. The Morgan fingerprint density at radius 3 is 1.93 bits per heavy atom. The highest BCUT2D eigenvalue weighted by molar-refractivity contribution is 5.79. The molecular weight excluding hydrogens is 550 g/mol. The van der Waals surface area contributed by atoms with E-state index in [-0.39, 0.29) is 56.0 Å². The van der Waals surface area contributed by atoms with E-state index in [1.165, 1.54) is 25.1 Å². The zero-order chi connectivity index (χ0) is 31.7.